The second-order valence-corrected chi connectivity index (χ2v) is 6.37. The second-order valence-electron chi connectivity index (χ2n) is 6.37. The minimum Gasteiger partial charge on any atom is -0.258 e. The minimum absolute atomic E-state index is 0.163. The van der Waals surface area contributed by atoms with Gasteiger partial charge >= 0.3 is 0 Å². The normalized spacial score (nSPS) is 14.8. The Hall–Kier alpha value is -3.09. The Labute approximate surface area is 138 Å². The molecule has 0 aromatic heterocycles. The molecule has 1 aliphatic heterocycles. The SMILES string of the molecule is CC1(C)C=[N+](Cc2cc([N+](=O)[O-])cc([N+](=O)[O-])c2)c2ccccc21. The predicted molar refractivity (Wildman–Crippen MR) is 88.9 cm³/mol. The quantitative estimate of drug-likeness (QED) is 0.486. The molecule has 122 valence electrons. The number of fused-ring (bicyclic) bond motifs is 1. The van der Waals surface area contributed by atoms with E-state index in [1.807, 2.05) is 35.1 Å². The lowest BCUT2D eigenvalue weighted by atomic mass is 9.87. The monoisotopic (exact) mass is 326 g/mol. The predicted octanol–water partition coefficient (Wildman–Crippen LogP) is 3.71. The van der Waals surface area contributed by atoms with Gasteiger partial charge in [0.15, 0.2) is 12.8 Å². The summed E-state index contributed by atoms with van der Waals surface area (Å²) in [6.45, 7) is 4.51. The maximum absolute atomic E-state index is 11.0. The average molecular weight is 326 g/mol. The molecule has 1 aliphatic rings. The molecular weight excluding hydrogens is 310 g/mol. The zero-order valence-corrected chi connectivity index (χ0v) is 13.3. The highest BCUT2D eigenvalue weighted by Gasteiger charge is 2.36. The van der Waals surface area contributed by atoms with E-state index in [9.17, 15) is 20.2 Å². The topological polar surface area (TPSA) is 89.3 Å². The molecule has 24 heavy (non-hydrogen) atoms. The van der Waals surface area contributed by atoms with Gasteiger partial charge in [-0.15, -0.1) is 0 Å². The summed E-state index contributed by atoms with van der Waals surface area (Å²) in [5, 5.41) is 22.1. The van der Waals surface area contributed by atoms with E-state index in [2.05, 4.69) is 13.8 Å². The van der Waals surface area contributed by atoms with E-state index in [4.69, 9.17) is 0 Å². The number of nitro benzene ring substituents is 2. The summed E-state index contributed by atoms with van der Waals surface area (Å²) < 4.78 is 1.98. The Bertz CT molecular complexity index is 855. The molecule has 7 heteroatoms. The van der Waals surface area contributed by atoms with Gasteiger partial charge in [0.1, 0.15) is 0 Å². The van der Waals surface area contributed by atoms with Crippen molar-refractivity contribution in [3.8, 4) is 0 Å². The van der Waals surface area contributed by atoms with E-state index in [1.54, 1.807) is 0 Å². The van der Waals surface area contributed by atoms with Crippen LogP contribution in [0.15, 0.2) is 42.5 Å². The van der Waals surface area contributed by atoms with Crippen molar-refractivity contribution >= 4 is 23.3 Å². The molecule has 0 spiro atoms. The third kappa shape index (κ3) is 2.76. The summed E-state index contributed by atoms with van der Waals surface area (Å²) >= 11 is 0. The van der Waals surface area contributed by atoms with Crippen LogP contribution < -0.4 is 0 Å². The molecule has 0 N–H and O–H groups in total. The van der Waals surface area contributed by atoms with Crippen LogP contribution in [0.25, 0.3) is 0 Å². The van der Waals surface area contributed by atoms with Crippen LogP contribution in [-0.4, -0.2) is 20.6 Å². The van der Waals surface area contributed by atoms with Gasteiger partial charge in [-0.05, 0) is 13.8 Å². The number of rotatable bonds is 4. The highest BCUT2D eigenvalue weighted by Crippen LogP contribution is 2.36. The van der Waals surface area contributed by atoms with Gasteiger partial charge in [0, 0.05) is 29.3 Å². The molecule has 0 unspecified atom stereocenters. The first-order valence-corrected chi connectivity index (χ1v) is 7.43. The smallest absolute Gasteiger partial charge is 0.258 e. The number of para-hydroxylation sites is 1. The second kappa shape index (κ2) is 5.52. The lowest BCUT2D eigenvalue weighted by molar-refractivity contribution is -0.451. The molecule has 3 rings (SSSR count). The summed E-state index contributed by atoms with van der Waals surface area (Å²) in [6.07, 6.45) is 2.04. The van der Waals surface area contributed by atoms with Crippen LogP contribution in [0.5, 0.6) is 0 Å². The van der Waals surface area contributed by atoms with Crippen molar-refractivity contribution in [2.24, 2.45) is 0 Å². The highest BCUT2D eigenvalue weighted by molar-refractivity contribution is 5.76. The van der Waals surface area contributed by atoms with Crippen LogP contribution in [0, 0.1) is 20.2 Å². The van der Waals surface area contributed by atoms with Crippen molar-refractivity contribution < 1.29 is 14.4 Å². The summed E-state index contributed by atoms with van der Waals surface area (Å²) in [5.74, 6) is 0. The Balaban J connectivity index is 2.03. The molecule has 0 radical (unpaired) electrons. The molecular formula is C17H16N3O4+. The summed E-state index contributed by atoms with van der Waals surface area (Å²) in [4.78, 5) is 20.8. The number of benzene rings is 2. The number of hydrogen-bond donors (Lipinski definition) is 0. The molecule has 0 saturated carbocycles. The van der Waals surface area contributed by atoms with Crippen LogP contribution in [0.2, 0.25) is 0 Å². The van der Waals surface area contributed by atoms with Crippen LogP contribution in [0.1, 0.15) is 25.0 Å². The van der Waals surface area contributed by atoms with E-state index < -0.39 is 9.85 Å². The first-order valence-electron chi connectivity index (χ1n) is 7.43. The summed E-state index contributed by atoms with van der Waals surface area (Å²) in [6, 6.07) is 11.7. The third-order valence-electron chi connectivity index (χ3n) is 4.12. The maximum atomic E-state index is 11.0. The van der Waals surface area contributed by atoms with Crippen molar-refractivity contribution in [3.05, 3.63) is 73.8 Å². The van der Waals surface area contributed by atoms with E-state index in [0.29, 0.717) is 12.1 Å². The van der Waals surface area contributed by atoms with Crippen LogP contribution in [0.4, 0.5) is 17.1 Å². The van der Waals surface area contributed by atoms with Crippen molar-refractivity contribution in [2.75, 3.05) is 0 Å². The molecule has 0 bridgehead atoms. The summed E-state index contributed by atoms with van der Waals surface area (Å²) in [7, 11) is 0. The molecule has 0 atom stereocenters. The van der Waals surface area contributed by atoms with Crippen LogP contribution >= 0.6 is 0 Å². The van der Waals surface area contributed by atoms with Crippen molar-refractivity contribution in [1.29, 1.82) is 0 Å². The first-order chi connectivity index (χ1) is 11.3. The Kier molecular flexibility index (Phi) is 3.63. The van der Waals surface area contributed by atoms with Crippen LogP contribution in [-0.2, 0) is 12.0 Å². The molecule has 0 aliphatic carbocycles. The minimum atomic E-state index is -0.609. The first kappa shape index (κ1) is 15.8. The fourth-order valence-electron chi connectivity index (χ4n) is 3.08. The van der Waals surface area contributed by atoms with E-state index in [-0.39, 0.29) is 16.8 Å². The Morgan fingerprint density at radius 2 is 1.58 bits per heavy atom. The number of nitrogens with zero attached hydrogens (tertiary/aromatic N) is 3. The van der Waals surface area contributed by atoms with Crippen molar-refractivity contribution in [3.63, 3.8) is 0 Å². The Morgan fingerprint density at radius 3 is 2.17 bits per heavy atom. The van der Waals surface area contributed by atoms with Crippen molar-refractivity contribution in [2.45, 2.75) is 25.8 Å². The zero-order chi connectivity index (χ0) is 17.5. The molecule has 1 heterocycles. The van der Waals surface area contributed by atoms with E-state index >= 15 is 0 Å². The lowest BCUT2D eigenvalue weighted by Gasteiger charge is -2.09. The molecule has 0 fully saturated rings. The van der Waals surface area contributed by atoms with Gasteiger partial charge in [-0.3, -0.25) is 20.2 Å². The summed E-state index contributed by atoms with van der Waals surface area (Å²) in [5.41, 5.74) is 1.99. The fourth-order valence-corrected chi connectivity index (χ4v) is 3.08. The molecule has 2 aromatic carbocycles. The number of non-ortho nitro benzene ring substituents is 2. The average Bonchev–Trinajstić information content (AvgIpc) is 2.78. The van der Waals surface area contributed by atoms with Gasteiger partial charge in [-0.25, -0.2) is 0 Å². The van der Waals surface area contributed by atoms with Crippen molar-refractivity contribution in [1.82, 2.24) is 0 Å². The van der Waals surface area contributed by atoms with Gasteiger partial charge in [0.25, 0.3) is 11.4 Å². The highest BCUT2D eigenvalue weighted by atomic mass is 16.6. The van der Waals surface area contributed by atoms with Gasteiger partial charge in [-0.2, -0.15) is 4.58 Å². The maximum Gasteiger partial charge on any atom is 0.276 e. The van der Waals surface area contributed by atoms with E-state index in [0.717, 1.165) is 17.3 Å². The van der Waals surface area contributed by atoms with Gasteiger partial charge < -0.3 is 0 Å². The lowest BCUT2D eigenvalue weighted by Crippen LogP contribution is -2.16. The van der Waals surface area contributed by atoms with E-state index in [1.165, 1.54) is 12.1 Å². The molecule has 2 aromatic rings. The standard InChI is InChI=1S/C17H16N3O4/c1-17(2)11-18(16-6-4-3-5-15(16)17)10-12-7-13(19(21)22)9-14(8-12)20(23)24/h3-9,11H,10H2,1-2H3/q+1. The molecule has 0 saturated heterocycles. The van der Waals surface area contributed by atoms with Gasteiger partial charge in [0.05, 0.1) is 21.3 Å². The zero-order valence-electron chi connectivity index (χ0n) is 13.3. The number of hydrogen-bond acceptors (Lipinski definition) is 4. The van der Waals surface area contributed by atoms with Crippen LogP contribution in [0.3, 0.4) is 0 Å². The third-order valence-corrected chi connectivity index (χ3v) is 4.12. The largest absolute Gasteiger partial charge is 0.276 e. The molecule has 7 nitrogen and oxygen atoms in total. The Morgan fingerprint density at radius 1 is 1.00 bits per heavy atom. The van der Waals surface area contributed by atoms with Gasteiger partial charge in [-0.1, -0.05) is 18.2 Å². The number of nitro groups is 2. The molecule has 0 amide bonds. The van der Waals surface area contributed by atoms with Gasteiger partial charge in [0.2, 0.25) is 5.69 Å². The fraction of sp³-hybridized carbons (Fsp3) is 0.235.